The molecule has 0 aromatic heterocycles. The number of halogens is 1. The van der Waals surface area contributed by atoms with Crippen molar-refractivity contribution >= 4 is 33.3 Å². The number of aliphatic hydroxyl groups is 1. The number of esters is 1. The third-order valence-corrected chi connectivity index (χ3v) is 3.62. The minimum atomic E-state index is -3.92. The van der Waals surface area contributed by atoms with Crippen molar-refractivity contribution in [1.29, 1.82) is 0 Å². The Bertz CT molecular complexity index is 676. The fourth-order valence-electron chi connectivity index (χ4n) is 1.34. The molecule has 0 saturated carbocycles. The molecule has 0 unspecified atom stereocenters. The summed E-state index contributed by atoms with van der Waals surface area (Å²) in [5.41, 5.74) is 0.554. The molecule has 0 aliphatic rings. The molecule has 0 fully saturated rings. The Morgan fingerprint density at radius 3 is 2.81 bits per heavy atom. The van der Waals surface area contributed by atoms with Crippen molar-refractivity contribution in [3.8, 4) is 11.8 Å². The molecule has 0 radical (unpaired) electrons. The number of hydrogen-bond acceptors (Lipinski definition) is 5. The number of carbonyl (C=O) groups excluding carboxylic acids is 1. The lowest BCUT2D eigenvalue weighted by molar-refractivity contribution is -0.137. The number of methoxy groups -OCH3 is 1. The molecule has 0 spiro atoms. The zero-order valence-corrected chi connectivity index (χ0v) is 12.8. The molecule has 0 bridgehead atoms. The summed E-state index contributed by atoms with van der Waals surface area (Å²) in [6.07, 6.45) is 0.261. The van der Waals surface area contributed by atoms with Gasteiger partial charge in [-0.1, -0.05) is 23.4 Å². The van der Waals surface area contributed by atoms with Crippen LogP contribution < -0.4 is 4.72 Å². The van der Waals surface area contributed by atoms with E-state index >= 15 is 0 Å². The highest BCUT2D eigenvalue weighted by Gasteiger charge is 2.18. The van der Waals surface area contributed by atoms with E-state index in [-0.39, 0.29) is 18.7 Å². The van der Waals surface area contributed by atoms with Crippen molar-refractivity contribution in [1.82, 2.24) is 0 Å². The van der Waals surface area contributed by atoms with Gasteiger partial charge in [-0.2, -0.15) is 0 Å². The molecule has 0 atom stereocenters. The van der Waals surface area contributed by atoms with Crippen LogP contribution in [0.15, 0.2) is 18.2 Å². The van der Waals surface area contributed by atoms with Crippen LogP contribution in [0.25, 0.3) is 0 Å². The van der Waals surface area contributed by atoms with Crippen LogP contribution in [0, 0.1) is 11.8 Å². The summed E-state index contributed by atoms with van der Waals surface area (Å²) in [5.74, 6) is 3.72. The average Bonchev–Trinajstić information content (AvgIpc) is 2.40. The van der Waals surface area contributed by atoms with E-state index in [1.807, 2.05) is 0 Å². The first-order valence-electron chi connectivity index (χ1n) is 5.84. The van der Waals surface area contributed by atoms with Crippen LogP contribution in [-0.4, -0.2) is 39.0 Å². The highest BCUT2D eigenvalue weighted by molar-refractivity contribution is 7.93. The SMILES string of the molecule is COC(=O)CS(=O)(=O)Nc1cc(Cl)ccc1C#CCCO. The molecule has 1 rings (SSSR count). The van der Waals surface area contributed by atoms with Crippen molar-refractivity contribution in [3.05, 3.63) is 28.8 Å². The average molecular weight is 332 g/mol. The van der Waals surface area contributed by atoms with E-state index in [0.29, 0.717) is 10.6 Å². The highest BCUT2D eigenvalue weighted by atomic mass is 35.5. The number of hydrogen-bond donors (Lipinski definition) is 2. The van der Waals surface area contributed by atoms with Crippen molar-refractivity contribution in [2.45, 2.75) is 6.42 Å². The number of nitrogens with one attached hydrogen (secondary N) is 1. The van der Waals surface area contributed by atoms with Crippen LogP contribution in [0.4, 0.5) is 5.69 Å². The molecule has 21 heavy (non-hydrogen) atoms. The summed E-state index contributed by atoms with van der Waals surface area (Å²) in [5, 5.41) is 9.00. The number of sulfonamides is 1. The predicted octanol–water partition coefficient (Wildman–Crippen LogP) is 0.989. The molecule has 6 nitrogen and oxygen atoms in total. The van der Waals surface area contributed by atoms with Gasteiger partial charge in [0.1, 0.15) is 0 Å². The van der Waals surface area contributed by atoms with Gasteiger partial charge in [0.25, 0.3) is 0 Å². The number of benzene rings is 1. The Hall–Kier alpha value is -1.75. The maximum atomic E-state index is 11.8. The fraction of sp³-hybridized carbons (Fsp3) is 0.308. The Kier molecular flexibility index (Phi) is 6.49. The fourth-order valence-corrected chi connectivity index (χ4v) is 2.52. The molecule has 0 saturated heterocycles. The molecular formula is C13H14ClNO5S. The third-order valence-electron chi connectivity index (χ3n) is 2.24. The van der Waals surface area contributed by atoms with Crippen molar-refractivity contribution in [3.63, 3.8) is 0 Å². The van der Waals surface area contributed by atoms with E-state index in [9.17, 15) is 13.2 Å². The molecule has 1 aromatic carbocycles. The predicted molar refractivity (Wildman–Crippen MR) is 79.5 cm³/mol. The van der Waals surface area contributed by atoms with Gasteiger partial charge in [-0.05, 0) is 18.2 Å². The first-order chi connectivity index (χ1) is 9.88. The van der Waals surface area contributed by atoms with Crippen LogP contribution >= 0.6 is 11.6 Å². The van der Waals surface area contributed by atoms with Crippen molar-refractivity contribution in [2.24, 2.45) is 0 Å². The van der Waals surface area contributed by atoms with Crippen LogP contribution in [0.5, 0.6) is 0 Å². The smallest absolute Gasteiger partial charge is 0.322 e. The van der Waals surface area contributed by atoms with Crippen molar-refractivity contribution in [2.75, 3.05) is 24.2 Å². The number of anilines is 1. The number of rotatable bonds is 5. The molecule has 114 valence electrons. The van der Waals surface area contributed by atoms with E-state index in [0.717, 1.165) is 7.11 Å². The van der Waals surface area contributed by atoms with Crippen LogP contribution in [0.2, 0.25) is 5.02 Å². The molecule has 0 amide bonds. The molecule has 0 heterocycles. The Balaban J connectivity index is 3.04. The topological polar surface area (TPSA) is 92.7 Å². The minimum absolute atomic E-state index is 0.0933. The minimum Gasteiger partial charge on any atom is -0.468 e. The number of carbonyl (C=O) groups is 1. The Morgan fingerprint density at radius 1 is 1.48 bits per heavy atom. The normalized spacial score (nSPS) is 10.4. The first kappa shape index (κ1) is 17.3. The Morgan fingerprint density at radius 2 is 2.19 bits per heavy atom. The van der Waals surface area contributed by atoms with E-state index in [4.69, 9.17) is 16.7 Å². The van der Waals surface area contributed by atoms with Gasteiger partial charge in [0, 0.05) is 17.0 Å². The second-order valence-electron chi connectivity index (χ2n) is 3.90. The van der Waals surface area contributed by atoms with Gasteiger partial charge < -0.3 is 9.84 Å². The zero-order valence-electron chi connectivity index (χ0n) is 11.2. The lowest BCUT2D eigenvalue weighted by atomic mass is 10.2. The maximum Gasteiger partial charge on any atom is 0.322 e. The summed E-state index contributed by atoms with van der Waals surface area (Å²) in [4.78, 5) is 11.1. The summed E-state index contributed by atoms with van der Waals surface area (Å²) >= 11 is 5.83. The van der Waals surface area contributed by atoms with E-state index in [1.54, 1.807) is 12.1 Å². The summed E-state index contributed by atoms with van der Waals surface area (Å²) in [6.45, 7) is -0.0933. The molecule has 0 aliphatic heterocycles. The lowest BCUT2D eigenvalue weighted by Gasteiger charge is -2.09. The van der Waals surface area contributed by atoms with Crippen molar-refractivity contribution < 1.29 is 23.1 Å². The number of ether oxygens (including phenoxy) is 1. The van der Waals surface area contributed by atoms with E-state index < -0.39 is 21.7 Å². The third kappa shape index (κ3) is 6.04. The second kappa shape index (κ2) is 7.88. The first-order valence-corrected chi connectivity index (χ1v) is 7.87. The summed E-state index contributed by atoms with van der Waals surface area (Å²) in [6, 6.07) is 4.49. The molecule has 1 aromatic rings. The van der Waals surface area contributed by atoms with Crippen LogP contribution in [-0.2, 0) is 19.6 Å². The quantitative estimate of drug-likeness (QED) is 0.620. The van der Waals surface area contributed by atoms with Crippen LogP contribution in [0.3, 0.4) is 0 Å². The van der Waals surface area contributed by atoms with E-state index in [1.165, 1.54) is 6.07 Å². The van der Waals surface area contributed by atoms with Gasteiger partial charge in [0.2, 0.25) is 10.0 Å². The van der Waals surface area contributed by atoms with Gasteiger partial charge in [0.05, 0.1) is 19.4 Å². The molecular weight excluding hydrogens is 318 g/mol. The van der Waals surface area contributed by atoms with Gasteiger partial charge in [-0.15, -0.1) is 0 Å². The summed E-state index contributed by atoms with van der Waals surface area (Å²) in [7, 11) is -2.82. The molecule has 0 aliphatic carbocycles. The van der Waals surface area contributed by atoms with Crippen LogP contribution in [0.1, 0.15) is 12.0 Å². The zero-order chi connectivity index (χ0) is 15.9. The second-order valence-corrected chi connectivity index (χ2v) is 6.06. The monoisotopic (exact) mass is 331 g/mol. The summed E-state index contributed by atoms with van der Waals surface area (Å²) < 4.78 is 30.2. The highest BCUT2D eigenvalue weighted by Crippen LogP contribution is 2.21. The van der Waals surface area contributed by atoms with Gasteiger partial charge in [-0.3, -0.25) is 9.52 Å². The van der Waals surface area contributed by atoms with E-state index in [2.05, 4.69) is 21.3 Å². The molecule has 8 heteroatoms. The maximum absolute atomic E-state index is 11.8. The Labute approximate surface area is 128 Å². The lowest BCUT2D eigenvalue weighted by Crippen LogP contribution is -2.24. The molecule has 2 N–H and O–H groups in total. The van der Waals surface area contributed by atoms with Gasteiger partial charge in [0.15, 0.2) is 5.75 Å². The largest absolute Gasteiger partial charge is 0.468 e. The van der Waals surface area contributed by atoms with Gasteiger partial charge >= 0.3 is 5.97 Å². The standard InChI is InChI=1S/C13H14ClNO5S/c1-20-13(17)9-21(18,19)15-12-8-11(14)6-5-10(12)4-2-3-7-16/h5-6,8,15-16H,3,7,9H2,1H3. The number of aliphatic hydroxyl groups excluding tert-OH is 1. The van der Waals surface area contributed by atoms with Gasteiger partial charge in [-0.25, -0.2) is 8.42 Å².